The molecule has 2 aromatic carbocycles. The molecule has 0 spiro atoms. The molecule has 8 heteroatoms. The molecular weight excluding hydrogens is 332 g/mol. The summed E-state index contributed by atoms with van der Waals surface area (Å²) in [4.78, 5) is 0. The minimum atomic E-state index is -4.77. The second kappa shape index (κ2) is 6.82. The van der Waals surface area contributed by atoms with Gasteiger partial charge in [-0.1, -0.05) is 12.1 Å². The lowest BCUT2D eigenvalue weighted by Gasteiger charge is -2.14. The molecular formula is C15H12F4N2OS. The highest BCUT2D eigenvalue weighted by Crippen LogP contribution is 2.25. The number of aryl methyl sites for hydroxylation is 1. The zero-order valence-corrected chi connectivity index (χ0v) is 12.7. The summed E-state index contributed by atoms with van der Waals surface area (Å²) < 4.78 is 53.6. The quantitative estimate of drug-likeness (QED) is 0.616. The Bertz CT molecular complexity index is 719. The van der Waals surface area contributed by atoms with Crippen molar-refractivity contribution in [2.75, 3.05) is 10.6 Å². The van der Waals surface area contributed by atoms with Crippen molar-refractivity contribution in [1.29, 1.82) is 0 Å². The summed E-state index contributed by atoms with van der Waals surface area (Å²) >= 11 is 5.07. The normalized spacial score (nSPS) is 11.0. The van der Waals surface area contributed by atoms with E-state index in [0.717, 1.165) is 11.6 Å². The van der Waals surface area contributed by atoms with Gasteiger partial charge in [0.2, 0.25) is 0 Å². The Morgan fingerprint density at radius 3 is 2.52 bits per heavy atom. The van der Waals surface area contributed by atoms with Crippen molar-refractivity contribution in [2.24, 2.45) is 0 Å². The largest absolute Gasteiger partial charge is 0.573 e. The Morgan fingerprint density at radius 2 is 1.83 bits per heavy atom. The highest BCUT2D eigenvalue weighted by atomic mass is 32.1. The van der Waals surface area contributed by atoms with Crippen LogP contribution in [0.4, 0.5) is 28.9 Å². The Morgan fingerprint density at radius 1 is 1.09 bits per heavy atom. The van der Waals surface area contributed by atoms with Gasteiger partial charge in [-0.15, -0.1) is 13.2 Å². The lowest BCUT2D eigenvalue weighted by atomic mass is 10.2. The molecule has 3 nitrogen and oxygen atoms in total. The molecule has 0 saturated carbocycles. The number of anilines is 2. The number of ether oxygens (including phenoxy) is 1. The first-order valence-corrected chi connectivity index (χ1v) is 6.84. The van der Waals surface area contributed by atoms with Crippen LogP contribution < -0.4 is 15.4 Å². The van der Waals surface area contributed by atoms with E-state index in [1.54, 1.807) is 13.0 Å². The van der Waals surface area contributed by atoms with E-state index in [1.165, 1.54) is 30.3 Å². The highest BCUT2D eigenvalue weighted by Gasteiger charge is 2.31. The van der Waals surface area contributed by atoms with Crippen LogP contribution in [0.5, 0.6) is 5.75 Å². The van der Waals surface area contributed by atoms with Crippen molar-refractivity contribution in [3.05, 3.63) is 53.8 Å². The van der Waals surface area contributed by atoms with E-state index in [4.69, 9.17) is 12.2 Å². The van der Waals surface area contributed by atoms with Crippen LogP contribution >= 0.6 is 12.2 Å². The number of halogens is 4. The molecule has 0 aliphatic heterocycles. The van der Waals surface area contributed by atoms with Crippen LogP contribution in [0.15, 0.2) is 42.5 Å². The van der Waals surface area contributed by atoms with Gasteiger partial charge in [0.05, 0.1) is 0 Å². The number of thiocarbonyl (C=S) groups is 1. The first kappa shape index (κ1) is 17.0. The molecule has 0 saturated heterocycles. The van der Waals surface area contributed by atoms with Gasteiger partial charge >= 0.3 is 6.36 Å². The van der Waals surface area contributed by atoms with Crippen molar-refractivity contribution >= 4 is 28.7 Å². The third-order valence-electron chi connectivity index (χ3n) is 2.77. The van der Waals surface area contributed by atoms with E-state index < -0.39 is 12.2 Å². The number of hydrogen-bond donors (Lipinski definition) is 2. The lowest BCUT2D eigenvalue weighted by Crippen LogP contribution is -2.20. The maximum atomic E-state index is 13.2. The summed E-state index contributed by atoms with van der Waals surface area (Å²) in [7, 11) is 0. The number of alkyl halides is 3. The molecule has 122 valence electrons. The maximum absolute atomic E-state index is 13.2. The fourth-order valence-electron chi connectivity index (χ4n) is 1.78. The molecule has 0 aromatic heterocycles. The predicted octanol–water partition coefficient (Wildman–Crippen LogP) is 4.84. The smallest absolute Gasteiger partial charge is 0.406 e. The summed E-state index contributed by atoms with van der Waals surface area (Å²) in [6, 6.07) is 9.40. The van der Waals surface area contributed by atoms with E-state index in [0.29, 0.717) is 11.4 Å². The topological polar surface area (TPSA) is 33.3 Å². The zero-order valence-electron chi connectivity index (χ0n) is 11.9. The SMILES string of the molecule is Cc1ccc(F)cc1NC(=S)Nc1cccc(OC(F)(F)F)c1. The van der Waals surface area contributed by atoms with Crippen LogP contribution in [0.2, 0.25) is 0 Å². The molecule has 0 bridgehead atoms. The fourth-order valence-corrected chi connectivity index (χ4v) is 2.01. The molecule has 0 aliphatic carbocycles. The van der Waals surface area contributed by atoms with Gasteiger partial charge in [0.1, 0.15) is 11.6 Å². The number of rotatable bonds is 3. The zero-order chi connectivity index (χ0) is 17.0. The van der Waals surface area contributed by atoms with Gasteiger partial charge in [0.25, 0.3) is 0 Å². The molecule has 0 fully saturated rings. The molecule has 0 aliphatic rings. The summed E-state index contributed by atoms with van der Waals surface area (Å²) in [5, 5.41) is 5.61. The molecule has 0 amide bonds. The minimum absolute atomic E-state index is 0.114. The van der Waals surface area contributed by atoms with E-state index in [1.807, 2.05) is 0 Å². The molecule has 23 heavy (non-hydrogen) atoms. The van der Waals surface area contributed by atoms with E-state index in [2.05, 4.69) is 15.4 Å². The van der Waals surface area contributed by atoms with Gasteiger partial charge in [-0.2, -0.15) is 0 Å². The van der Waals surface area contributed by atoms with Gasteiger partial charge in [-0.25, -0.2) is 4.39 Å². The first-order valence-electron chi connectivity index (χ1n) is 6.43. The summed E-state index contributed by atoms with van der Waals surface area (Å²) in [6.07, 6.45) is -4.77. The van der Waals surface area contributed by atoms with Crippen LogP contribution in [0, 0.1) is 12.7 Å². The average Bonchev–Trinajstić information content (AvgIpc) is 2.41. The van der Waals surface area contributed by atoms with E-state index >= 15 is 0 Å². The number of hydrogen-bond acceptors (Lipinski definition) is 2. The van der Waals surface area contributed by atoms with Crippen molar-refractivity contribution in [3.63, 3.8) is 0 Å². The molecule has 0 atom stereocenters. The van der Waals surface area contributed by atoms with Gasteiger partial charge in [-0.3, -0.25) is 0 Å². The summed E-state index contributed by atoms with van der Waals surface area (Å²) in [5.41, 5.74) is 1.54. The van der Waals surface area contributed by atoms with Crippen molar-refractivity contribution in [3.8, 4) is 5.75 Å². The van der Waals surface area contributed by atoms with Crippen LogP contribution in [0.3, 0.4) is 0 Å². The van der Waals surface area contributed by atoms with Crippen molar-refractivity contribution < 1.29 is 22.3 Å². The second-order valence-electron chi connectivity index (χ2n) is 4.61. The Balaban J connectivity index is 2.05. The van der Waals surface area contributed by atoms with Crippen LogP contribution in [-0.4, -0.2) is 11.5 Å². The Hall–Kier alpha value is -2.35. The van der Waals surface area contributed by atoms with E-state index in [9.17, 15) is 17.6 Å². The fraction of sp³-hybridized carbons (Fsp3) is 0.133. The predicted molar refractivity (Wildman–Crippen MR) is 84.1 cm³/mol. The average molecular weight is 344 g/mol. The highest BCUT2D eigenvalue weighted by molar-refractivity contribution is 7.80. The van der Waals surface area contributed by atoms with Crippen LogP contribution in [0.25, 0.3) is 0 Å². The molecule has 2 aromatic rings. The van der Waals surface area contributed by atoms with Gasteiger partial charge in [0, 0.05) is 17.4 Å². The summed E-state index contributed by atoms with van der Waals surface area (Å²) in [5.74, 6) is -0.797. The molecule has 2 rings (SSSR count). The maximum Gasteiger partial charge on any atom is 0.573 e. The van der Waals surface area contributed by atoms with Gasteiger partial charge in [0.15, 0.2) is 5.11 Å². The summed E-state index contributed by atoms with van der Waals surface area (Å²) in [6.45, 7) is 1.77. The van der Waals surface area contributed by atoms with Crippen molar-refractivity contribution in [1.82, 2.24) is 0 Å². The molecule has 2 N–H and O–H groups in total. The van der Waals surface area contributed by atoms with Gasteiger partial charge < -0.3 is 15.4 Å². The third kappa shape index (κ3) is 5.41. The Kier molecular flexibility index (Phi) is 5.05. The second-order valence-corrected chi connectivity index (χ2v) is 5.02. The minimum Gasteiger partial charge on any atom is -0.406 e. The van der Waals surface area contributed by atoms with Crippen molar-refractivity contribution in [2.45, 2.75) is 13.3 Å². The first-order chi connectivity index (χ1) is 10.7. The molecule has 0 radical (unpaired) electrons. The number of benzene rings is 2. The van der Waals surface area contributed by atoms with Crippen LogP contribution in [0.1, 0.15) is 5.56 Å². The standard InChI is InChI=1S/C15H12F4N2OS/c1-9-5-6-10(16)7-13(9)21-14(23)20-11-3-2-4-12(8-11)22-15(17,18)19/h2-8H,1H3,(H2,20,21,23). The monoisotopic (exact) mass is 344 g/mol. The molecule has 0 unspecified atom stereocenters. The third-order valence-corrected chi connectivity index (χ3v) is 2.98. The van der Waals surface area contributed by atoms with E-state index in [-0.39, 0.29) is 10.9 Å². The van der Waals surface area contributed by atoms with Crippen LogP contribution in [-0.2, 0) is 0 Å². The molecule has 0 heterocycles. The Labute approximate surface area is 135 Å². The van der Waals surface area contributed by atoms with Gasteiger partial charge in [-0.05, 0) is 49.0 Å². The number of nitrogens with one attached hydrogen (secondary N) is 2. The lowest BCUT2D eigenvalue weighted by molar-refractivity contribution is -0.274.